The van der Waals surface area contributed by atoms with Gasteiger partial charge in [0, 0.05) is 18.8 Å². The standard InChI is InChI=1S/C13H19N3O/c1-10(2)12-6-5-11(9-14-12)15-13(17)16-7-3-4-8-16/h5-6,9-10H,3-4,7-8H2,1-2H3,(H,15,17). The summed E-state index contributed by atoms with van der Waals surface area (Å²) >= 11 is 0. The molecular formula is C13H19N3O. The van der Waals surface area contributed by atoms with Gasteiger partial charge in [0.2, 0.25) is 0 Å². The van der Waals surface area contributed by atoms with Crippen LogP contribution in [0.15, 0.2) is 18.3 Å². The second kappa shape index (κ2) is 5.17. The van der Waals surface area contributed by atoms with Gasteiger partial charge in [0.05, 0.1) is 11.9 Å². The van der Waals surface area contributed by atoms with Gasteiger partial charge < -0.3 is 10.2 Å². The minimum atomic E-state index is -0.0124. The molecule has 2 heterocycles. The van der Waals surface area contributed by atoms with Gasteiger partial charge in [-0.1, -0.05) is 13.8 Å². The van der Waals surface area contributed by atoms with Gasteiger partial charge in [-0.05, 0) is 30.9 Å². The smallest absolute Gasteiger partial charge is 0.321 e. The Morgan fingerprint density at radius 3 is 2.59 bits per heavy atom. The Balaban J connectivity index is 1.96. The van der Waals surface area contributed by atoms with Crippen molar-refractivity contribution in [1.29, 1.82) is 0 Å². The van der Waals surface area contributed by atoms with Crippen molar-refractivity contribution in [2.45, 2.75) is 32.6 Å². The van der Waals surface area contributed by atoms with Crippen LogP contribution >= 0.6 is 0 Å². The second-order valence-electron chi connectivity index (χ2n) is 4.75. The summed E-state index contributed by atoms with van der Waals surface area (Å²) in [5, 5.41) is 2.87. The number of amides is 2. The van der Waals surface area contributed by atoms with Crippen LogP contribution in [-0.2, 0) is 0 Å². The van der Waals surface area contributed by atoms with Crippen LogP contribution in [-0.4, -0.2) is 29.0 Å². The lowest BCUT2D eigenvalue weighted by Gasteiger charge is -2.16. The Hall–Kier alpha value is -1.58. The largest absolute Gasteiger partial charge is 0.325 e. The molecule has 0 spiro atoms. The first-order valence-corrected chi connectivity index (χ1v) is 6.18. The molecule has 1 N–H and O–H groups in total. The number of carbonyl (C=O) groups excluding carboxylic acids is 1. The van der Waals surface area contributed by atoms with Crippen molar-refractivity contribution in [3.63, 3.8) is 0 Å². The van der Waals surface area contributed by atoms with Crippen LogP contribution < -0.4 is 5.32 Å². The molecule has 1 aliphatic heterocycles. The maximum atomic E-state index is 11.8. The first kappa shape index (κ1) is 11.9. The molecule has 1 aromatic rings. The summed E-state index contributed by atoms with van der Waals surface area (Å²) in [4.78, 5) is 18.0. The molecule has 1 saturated heterocycles. The first-order valence-electron chi connectivity index (χ1n) is 6.18. The summed E-state index contributed by atoms with van der Waals surface area (Å²) in [6.07, 6.45) is 3.94. The summed E-state index contributed by atoms with van der Waals surface area (Å²) in [7, 11) is 0. The first-order chi connectivity index (χ1) is 8.16. The molecule has 1 aliphatic rings. The Morgan fingerprint density at radius 2 is 2.06 bits per heavy atom. The fourth-order valence-corrected chi connectivity index (χ4v) is 1.94. The highest BCUT2D eigenvalue weighted by Crippen LogP contribution is 2.15. The topological polar surface area (TPSA) is 45.2 Å². The summed E-state index contributed by atoms with van der Waals surface area (Å²) in [6.45, 7) is 5.93. The van der Waals surface area contributed by atoms with E-state index in [0.717, 1.165) is 37.3 Å². The van der Waals surface area contributed by atoms with Crippen molar-refractivity contribution in [2.75, 3.05) is 18.4 Å². The summed E-state index contributed by atoms with van der Waals surface area (Å²) in [6, 6.07) is 3.86. The number of nitrogens with zero attached hydrogens (tertiary/aromatic N) is 2. The van der Waals surface area contributed by atoms with Gasteiger partial charge in [-0.25, -0.2) is 4.79 Å². The number of anilines is 1. The highest BCUT2D eigenvalue weighted by Gasteiger charge is 2.17. The number of urea groups is 1. The van der Waals surface area contributed by atoms with E-state index in [-0.39, 0.29) is 6.03 Å². The Labute approximate surface area is 102 Å². The quantitative estimate of drug-likeness (QED) is 0.853. The van der Waals surface area contributed by atoms with Gasteiger partial charge in [-0.3, -0.25) is 4.98 Å². The van der Waals surface area contributed by atoms with Crippen LogP contribution in [0, 0.1) is 0 Å². The Bertz CT molecular complexity index is 380. The van der Waals surface area contributed by atoms with Crippen molar-refractivity contribution in [3.8, 4) is 0 Å². The van der Waals surface area contributed by atoms with Gasteiger partial charge in [0.25, 0.3) is 0 Å². The van der Waals surface area contributed by atoms with Gasteiger partial charge in [0.15, 0.2) is 0 Å². The van der Waals surface area contributed by atoms with Gasteiger partial charge in [-0.2, -0.15) is 0 Å². The molecule has 4 nitrogen and oxygen atoms in total. The predicted molar refractivity (Wildman–Crippen MR) is 68.2 cm³/mol. The van der Waals surface area contributed by atoms with E-state index in [4.69, 9.17) is 0 Å². The number of nitrogens with one attached hydrogen (secondary N) is 1. The van der Waals surface area contributed by atoms with E-state index in [0.29, 0.717) is 5.92 Å². The molecule has 4 heteroatoms. The maximum Gasteiger partial charge on any atom is 0.321 e. The van der Waals surface area contributed by atoms with Crippen LogP contribution in [0.4, 0.5) is 10.5 Å². The number of pyridine rings is 1. The maximum absolute atomic E-state index is 11.8. The molecule has 0 aromatic carbocycles. The summed E-state index contributed by atoms with van der Waals surface area (Å²) in [5.74, 6) is 0.415. The van der Waals surface area contributed by atoms with E-state index in [1.807, 2.05) is 17.0 Å². The highest BCUT2D eigenvalue weighted by molar-refractivity contribution is 5.89. The molecule has 0 aliphatic carbocycles. The number of hydrogen-bond donors (Lipinski definition) is 1. The molecule has 2 amide bonds. The third-order valence-corrected chi connectivity index (χ3v) is 3.02. The fraction of sp³-hybridized carbons (Fsp3) is 0.538. The van der Waals surface area contributed by atoms with E-state index in [2.05, 4.69) is 24.1 Å². The number of carbonyl (C=O) groups is 1. The van der Waals surface area contributed by atoms with Crippen molar-refractivity contribution in [1.82, 2.24) is 9.88 Å². The molecule has 1 aromatic heterocycles. The third-order valence-electron chi connectivity index (χ3n) is 3.02. The molecule has 92 valence electrons. The van der Waals surface area contributed by atoms with Crippen molar-refractivity contribution in [2.24, 2.45) is 0 Å². The van der Waals surface area contributed by atoms with E-state index in [1.165, 1.54) is 0 Å². The van der Waals surface area contributed by atoms with Crippen LogP contribution in [0.1, 0.15) is 38.3 Å². The van der Waals surface area contributed by atoms with Gasteiger partial charge >= 0.3 is 6.03 Å². The van der Waals surface area contributed by atoms with E-state index >= 15 is 0 Å². The Kier molecular flexibility index (Phi) is 3.61. The van der Waals surface area contributed by atoms with Crippen LogP contribution in [0.5, 0.6) is 0 Å². The fourth-order valence-electron chi connectivity index (χ4n) is 1.94. The molecule has 0 radical (unpaired) electrons. The zero-order valence-electron chi connectivity index (χ0n) is 10.4. The lowest BCUT2D eigenvalue weighted by Crippen LogP contribution is -2.32. The second-order valence-corrected chi connectivity index (χ2v) is 4.75. The highest BCUT2D eigenvalue weighted by atomic mass is 16.2. The Morgan fingerprint density at radius 1 is 1.35 bits per heavy atom. The molecule has 0 atom stereocenters. The number of rotatable bonds is 2. The average Bonchev–Trinajstić information content (AvgIpc) is 2.83. The van der Waals surface area contributed by atoms with Crippen LogP contribution in [0.25, 0.3) is 0 Å². The summed E-state index contributed by atoms with van der Waals surface area (Å²) in [5.41, 5.74) is 1.82. The monoisotopic (exact) mass is 233 g/mol. The molecule has 0 unspecified atom stereocenters. The van der Waals surface area contributed by atoms with Gasteiger partial charge in [0.1, 0.15) is 0 Å². The lowest BCUT2D eigenvalue weighted by atomic mass is 10.1. The molecule has 2 rings (SSSR count). The van der Waals surface area contributed by atoms with E-state index in [9.17, 15) is 4.79 Å². The number of likely N-dealkylation sites (tertiary alicyclic amines) is 1. The minimum absolute atomic E-state index is 0.0124. The molecule has 0 bridgehead atoms. The van der Waals surface area contributed by atoms with Crippen molar-refractivity contribution < 1.29 is 4.79 Å². The van der Waals surface area contributed by atoms with Crippen molar-refractivity contribution >= 4 is 11.7 Å². The van der Waals surface area contributed by atoms with Crippen LogP contribution in [0.2, 0.25) is 0 Å². The molecule has 0 saturated carbocycles. The summed E-state index contributed by atoms with van der Waals surface area (Å²) < 4.78 is 0. The minimum Gasteiger partial charge on any atom is -0.325 e. The van der Waals surface area contributed by atoms with Gasteiger partial charge in [-0.15, -0.1) is 0 Å². The zero-order valence-corrected chi connectivity index (χ0v) is 10.4. The molecule has 17 heavy (non-hydrogen) atoms. The molecular weight excluding hydrogens is 214 g/mol. The molecule has 1 fully saturated rings. The van der Waals surface area contributed by atoms with Crippen LogP contribution in [0.3, 0.4) is 0 Å². The number of aromatic nitrogens is 1. The zero-order chi connectivity index (χ0) is 12.3. The third kappa shape index (κ3) is 2.96. The normalized spacial score (nSPS) is 15.4. The van der Waals surface area contributed by atoms with E-state index in [1.54, 1.807) is 6.20 Å². The van der Waals surface area contributed by atoms with Crippen molar-refractivity contribution in [3.05, 3.63) is 24.0 Å². The van der Waals surface area contributed by atoms with E-state index < -0.39 is 0 Å². The number of hydrogen-bond acceptors (Lipinski definition) is 2. The lowest BCUT2D eigenvalue weighted by molar-refractivity contribution is 0.222. The SMILES string of the molecule is CC(C)c1ccc(NC(=O)N2CCCC2)cn1. The predicted octanol–water partition coefficient (Wildman–Crippen LogP) is 2.83. The average molecular weight is 233 g/mol.